The van der Waals surface area contributed by atoms with Crippen LogP contribution in [-0.2, 0) is 0 Å². The lowest BCUT2D eigenvalue weighted by Gasteiger charge is -2.42. The summed E-state index contributed by atoms with van der Waals surface area (Å²) in [5.41, 5.74) is 0. The molecule has 2 unspecified atom stereocenters. The molecule has 0 saturated heterocycles. The third-order valence-corrected chi connectivity index (χ3v) is 3.69. The molecule has 0 spiro atoms. The average molecular weight is 517 g/mol. The molecule has 0 aromatic heterocycles. The first-order valence-electron chi connectivity index (χ1n) is 6.16. The van der Waals surface area contributed by atoms with Crippen molar-refractivity contribution in [1.29, 1.82) is 0 Å². The van der Waals surface area contributed by atoms with E-state index in [0.29, 0.717) is 0 Å². The fourth-order valence-corrected chi connectivity index (χ4v) is 1.72. The molecular weight excluding hydrogens is 514 g/mol. The van der Waals surface area contributed by atoms with Crippen LogP contribution in [-0.4, -0.2) is 58.9 Å². The lowest BCUT2D eigenvalue weighted by atomic mass is 9.89. The van der Waals surface area contributed by atoms with Crippen molar-refractivity contribution < 1.29 is 74.6 Å². The SMILES string of the molecule is FC(F)C(F)C(F)C(F)(F)C(F)(F)C(F)(F)C(F)(F)C(F)(F)C(F)(F)C(F)(Cl)Cl. The molecule has 29 heavy (non-hydrogen) atoms. The maximum atomic E-state index is 13.2. The van der Waals surface area contributed by atoms with Crippen molar-refractivity contribution in [2.45, 2.75) is 58.9 Å². The van der Waals surface area contributed by atoms with Gasteiger partial charge in [-0.3, -0.25) is 0 Å². The zero-order valence-corrected chi connectivity index (χ0v) is 13.9. The first kappa shape index (κ1) is 28.4. The van der Waals surface area contributed by atoms with Crippen molar-refractivity contribution >= 4 is 23.2 Å². The standard InChI is InChI=1S/C10H3Cl2F17/c11-10(12,29)9(27,28)8(25,26)7(23,24)6(21,22)5(19,20)4(17,18)2(14)1(13)3(15)16/h1-3H. The van der Waals surface area contributed by atoms with E-state index in [4.69, 9.17) is 0 Å². The predicted octanol–water partition coefficient (Wildman–Crippen LogP) is 6.84. The summed E-state index contributed by atoms with van der Waals surface area (Å²) in [6.07, 6.45) is -15.7. The molecule has 0 aromatic rings. The first-order valence-corrected chi connectivity index (χ1v) is 6.92. The Morgan fingerprint density at radius 1 is 0.448 bits per heavy atom. The molecule has 0 bridgehead atoms. The third-order valence-electron chi connectivity index (χ3n) is 3.22. The minimum atomic E-state index is -8.44. The Labute approximate surface area is 157 Å². The van der Waals surface area contributed by atoms with E-state index >= 15 is 0 Å². The summed E-state index contributed by atoms with van der Waals surface area (Å²) in [4.78, 5) is 0. The van der Waals surface area contributed by atoms with Crippen LogP contribution < -0.4 is 0 Å². The molecule has 0 aliphatic heterocycles. The van der Waals surface area contributed by atoms with Crippen LogP contribution in [0.1, 0.15) is 0 Å². The van der Waals surface area contributed by atoms with Crippen LogP contribution in [0.3, 0.4) is 0 Å². The second-order valence-electron chi connectivity index (χ2n) is 5.17. The van der Waals surface area contributed by atoms with Crippen molar-refractivity contribution in [3.05, 3.63) is 0 Å². The van der Waals surface area contributed by atoms with Crippen molar-refractivity contribution in [3.8, 4) is 0 Å². The number of hydrogen-bond acceptors (Lipinski definition) is 0. The summed E-state index contributed by atoms with van der Waals surface area (Å²) < 4.78 is 213. The van der Waals surface area contributed by atoms with Gasteiger partial charge in [0.1, 0.15) is 0 Å². The first-order chi connectivity index (χ1) is 12.3. The van der Waals surface area contributed by atoms with Gasteiger partial charge in [0, 0.05) is 0 Å². The molecule has 2 atom stereocenters. The lowest BCUT2D eigenvalue weighted by Crippen LogP contribution is -2.73. The minimum Gasteiger partial charge on any atom is -0.238 e. The maximum absolute atomic E-state index is 13.2. The lowest BCUT2D eigenvalue weighted by molar-refractivity contribution is -0.433. The molecule has 0 aromatic carbocycles. The molecule has 0 amide bonds. The zero-order chi connectivity index (χ0) is 24.2. The van der Waals surface area contributed by atoms with Gasteiger partial charge in [-0.05, 0) is 0 Å². The van der Waals surface area contributed by atoms with Gasteiger partial charge in [0.05, 0.1) is 0 Å². The number of hydrogen-bond donors (Lipinski definition) is 0. The largest absolute Gasteiger partial charge is 0.384 e. The fourth-order valence-electron chi connectivity index (χ4n) is 1.48. The van der Waals surface area contributed by atoms with Gasteiger partial charge in [-0.25, -0.2) is 22.0 Å². The summed E-state index contributed by atoms with van der Waals surface area (Å²) in [7, 11) is 0. The van der Waals surface area contributed by atoms with Crippen LogP contribution in [0.4, 0.5) is 74.6 Å². The molecule has 0 N–H and O–H groups in total. The summed E-state index contributed by atoms with van der Waals surface area (Å²) in [6.45, 7) is 0. The van der Waals surface area contributed by atoms with Crippen molar-refractivity contribution in [2.75, 3.05) is 0 Å². The molecule has 0 rings (SSSR count). The number of rotatable bonds is 9. The fraction of sp³-hybridized carbons (Fsp3) is 1.00. The van der Waals surface area contributed by atoms with E-state index < -0.39 is 58.9 Å². The normalized spacial score (nSPS) is 18.2. The van der Waals surface area contributed by atoms with Crippen LogP contribution in [0, 0.1) is 0 Å². The number of alkyl halides is 19. The van der Waals surface area contributed by atoms with Crippen LogP contribution >= 0.6 is 23.2 Å². The van der Waals surface area contributed by atoms with E-state index in [1.54, 1.807) is 0 Å². The van der Waals surface area contributed by atoms with Gasteiger partial charge in [0.2, 0.25) is 6.17 Å². The smallest absolute Gasteiger partial charge is 0.238 e. The van der Waals surface area contributed by atoms with Crippen molar-refractivity contribution in [3.63, 3.8) is 0 Å². The van der Waals surface area contributed by atoms with E-state index in [2.05, 4.69) is 23.2 Å². The highest BCUT2D eigenvalue weighted by molar-refractivity contribution is 6.47. The Bertz CT molecular complexity index is 579. The van der Waals surface area contributed by atoms with Crippen molar-refractivity contribution in [2.24, 2.45) is 0 Å². The molecule has 0 saturated carbocycles. The Balaban J connectivity index is 6.57. The van der Waals surface area contributed by atoms with Gasteiger partial charge in [-0.15, -0.1) is 0 Å². The Morgan fingerprint density at radius 2 is 0.724 bits per heavy atom. The van der Waals surface area contributed by atoms with Gasteiger partial charge >= 0.3 is 40.1 Å². The summed E-state index contributed by atoms with van der Waals surface area (Å²) in [5.74, 6) is -48.1. The van der Waals surface area contributed by atoms with Gasteiger partial charge in [0.25, 0.3) is 6.43 Å². The minimum absolute atomic E-state index is 3.76. The average Bonchev–Trinajstić information content (AvgIpc) is 2.50. The molecule has 0 fully saturated rings. The van der Waals surface area contributed by atoms with Crippen LogP contribution in [0.5, 0.6) is 0 Å². The predicted molar refractivity (Wildman–Crippen MR) is 61.0 cm³/mol. The molecule has 0 nitrogen and oxygen atoms in total. The molecule has 0 aliphatic rings. The van der Waals surface area contributed by atoms with E-state index in [-0.39, 0.29) is 0 Å². The Hall–Kier alpha value is -0.610. The Kier molecular flexibility index (Phi) is 7.35. The van der Waals surface area contributed by atoms with Gasteiger partial charge in [-0.2, -0.15) is 52.7 Å². The van der Waals surface area contributed by atoms with E-state index in [0.717, 1.165) is 0 Å². The van der Waals surface area contributed by atoms with E-state index in [1.165, 1.54) is 0 Å². The highest BCUT2D eigenvalue weighted by atomic mass is 35.5. The summed E-state index contributed by atoms with van der Waals surface area (Å²) in [5, 5.41) is 0. The molecule has 176 valence electrons. The highest BCUT2D eigenvalue weighted by Crippen LogP contribution is 2.63. The second kappa shape index (κ2) is 7.51. The highest BCUT2D eigenvalue weighted by Gasteiger charge is 2.93. The van der Waals surface area contributed by atoms with Crippen LogP contribution in [0.15, 0.2) is 0 Å². The maximum Gasteiger partial charge on any atom is 0.384 e. The molecule has 0 aliphatic carbocycles. The third kappa shape index (κ3) is 3.89. The quantitative estimate of drug-likeness (QED) is 0.232. The summed E-state index contributed by atoms with van der Waals surface area (Å²) >= 11 is 7.52. The van der Waals surface area contributed by atoms with Gasteiger partial charge in [-0.1, -0.05) is 23.2 Å². The molecular formula is C10H3Cl2F17. The topological polar surface area (TPSA) is 0 Å². The second-order valence-corrected chi connectivity index (χ2v) is 6.41. The van der Waals surface area contributed by atoms with E-state index in [1.807, 2.05) is 0 Å². The zero-order valence-electron chi connectivity index (χ0n) is 12.4. The number of halogens is 19. The van der Waals surface area contributed by atoms with E-state index in [9.17, 15) is 74.6 Å². The van der Waals surface area contributed by atoms with Gasteiger partial charge < -0.3 is 0 Å². The van der Waals surface area contributed by atoms with Crippen LogP contribution in [0.2, 0.25) is 0 Å². The van der Waals surface area contributed by atoms with Gasteiger partial charge in [0.15, 0.2) is 6.17 Å². The molecule has 19 heteroatoms. The van der Waals surface area contributed by atoms with Crippen LogP contribution in [0.25, 0.3) is 0 Å². The molecule has 0 radical (unpaired) electrons. The summed E-state index contributed by atoms with van der Waals surface area (Å²) in [6, 6.07) is 0. The van der Waals surface area contributed by atoms with Crippen molar-refractivity contribution in [1.82, 2.24) is 0 Å². The monoisotopic (exact) mass is 516 g/mol. The Morgan fingerprint density at radius 3 is 1.00 bits per heavy atom. The molecule has 0 heterocycles.